The van der Waals surface area contributed by atoms with Crippen molar-refractivity contribution in [3.05, 3.63) is 88.4 Å². The fourth-order valence-corrected chi connectivity index (χ4v) is 5.17. The van der Waals surface area contributed by atoms with Gasteiger partial charge in [-0.1, -0.05) is 53.8 Å². The molecule has 1 N–H and O–H groups in total. The molecular weight excluding hydrogens is 398 g/mol. The molecule has 6 heteroatoms. The van der Waals surface area contributed by atoms with Crippen LogP contribution in [0.1, 0.15) is 26.5 Å². The molecule has 29 heavy (non-hydrogen) atoms. The number of rotatable bonds is 4. The molecule has 0 aliphatic heterocycles. The Morgan fingerprint density at radius 1 is 0.897 bits per heavy atom. The van der Waals surface area contributed by atoms with Gasteiger partial charge in [-0.2, -0.15) is 0 Å². The van der Waals surface area contributed by atoms with Crippen LogP contribution in [0, 0.1) is 6.92 Å². The van der Waals surface area contributed by atoms with E-state index in [1.54, 1.807) is 11.3 Å². The van der Waals surface area contributed by atoms with E-state index in [1.165, 1.54) is 22.5 Å². The maximum Gasteiger partial charge on any atom is 0.257 e. The molecule has 0 fully saturated rings. The monoisotopic (exact) mass is 415 g/mol. The van der Waals surface area contributed by atoms with Crippen molar-refractivity contribution in [2.75, 3.05) is 5.32 Å². The lowest BCUT2D eigenvalue weighted by molar-refractivity contribution is 0.102. The number of hydrogen-bond acceptors (Lipinski definition) is 5. The van der Waals surface area contributed by atoms with Crippen LogP contribution < -0.4 is 5.32 Å². The molecule has 2 aromatic heterocycles. The number of carbonyl (C=O) groups excluding carboxylic acids is 1. The molecule has 0 atom stereocenters. The van der Waals surface area contributed by atoms with Crippen LogP contribution in [0.15, 0.2) is 66.7 Å². The minimum atomic E-state index is -0.152. The number of aryl methyl sites for hydroxylation is 1. The van der Waals surface area contributed by atoms with Crippen molar-refractivity contribution in [1.29, 1.82) is 0 Å². The van der Waals surface area contributed by atoms with E-state index in [1.807, 2.05) is 61.5 Å². The SMILES string of the molecule is Cc1nc2c(ccc3nc(NC(=O)c4ccc(Cc5ccccc5)cc4)sc32)s1. The zero-order chi connectivity index (χ0) is 19.8. The molecule has 2 heterocycles. The zero-order valence-electron chi connectivity index (χ0n) is 15.7. The first-order valence-corrected chi connectivity index (χ1v) is 10.9. The summed E-state index contributed by atoms with van der Waals surface area (Å²) >= 11 is 3.14. The van der Waals surface area contributed by atoms with Crippen LogP contribution in [-0.4, -0.2) is 15.9 Å². The van der Waals surface area contributed by atoms with E-state index in [0.29, 0.717) is 10.7 Å². The number of nitrogens with one attached hydrogen (secondary N) is 1. The number of hydrogen-bond donors (Lipinski definition) is 1. The maximum atomic E-state index is 12.7. The van der Waals surface area contributed by atoms with Crippen LogP contribution in [0.2, 0.25) is 0 Å². The van der Waals surface area contributed by atoms with Gasteiger partial charge in [0.15, 0.2) is 5.13 Å². The van der Waals surface area contributed by atoms with Gasteiger partial charge >= 0.3 is 0 Å². The Bertz CT molecular complexity index is 1320. The van der Waals surface area contributed by atoms with Crippen molar-refractivity contribution in [2.24, 2.45) is 0 Å². The van der Waals surface area contributed by atoms with Crippen molar-refractivity contribution in [3.63, 3.8) is 0 Å². The molecule has 3 aromatic carbocycles. The number of fused-ring (bicyclic) bond motifs is 3. The van der Waals surface area contributed by atoms with E-state index in [4.69, 9.17) is 0 Å². The number of anilines is 1. The third kappa shape index (κ3) is 3.64. The number of nitrogens with zero attached hydrogens (tertiary/aromatic N) is 2. The number of amides is 1. The summed E-state index contributed by atoms with van der Waals surface area (Å²) in [7, 11) is 0. The number of aromatic nitrogens is 2. The smallest absolute Gasteiger partial charge is 0.257 e. The second-order valence-electron chi connectivity index (χ2n) is 6.83. The van der Waals surface area contributed by atoms with Gasteiger partial charge in [-0.15, -0.1) is 11.3 Å². The Morgan fingerprint density at radius 3 is 2.45 bits per heavy atom. The molecule has 1 amide bonds. The Labute approximate surface area is 175 Å². The normalized spacial score (nSPS) is 11.2. The van der Waals surface area contributed by atoms with E-state index < -0.39 is 0 Å². The highest BCUT2D eigenvalue weighted by Gasteiger charge is 2.13. The molecule has 0 aliphatic rings. The molecule has 0 saturated heterocycles. The summed E-state index contributed by atoms with van der Waals surface area (Å²) in [6.07, 6.45) is 0.851. The summed E-state index contributed by atoms with van der Waals surface area (Å²) in [5, 5.41) is 4.56. The van der Waals surface area contributed by atoms with Crippen LogP contribution in [0.3, 0.4) is 0 Å². The number of thiazole rings is 2. The van der Waals surface area contributed by atoms with Gasteiger partial charge in [0.1, 0.15) is 5.52 Å². The largest absolute Gasteiger partial charge is 0.298 e. The Hall–Kier alpha value is -3.09. The van der Waals surface area contributed by atoms with Gasteiger partial charge in [0.25, 0.3) is 5.91 Å². The number of benzene rings is 3. The Balaban J connectivity index is 1.35. The van der Waals surface area contributed by atoms with Crippen LogP contribution >= 0.6 is 22.7 Å². The number of carbonyl (C=O) groups is 1. The van der Waals surface area contributed by atoms with Crippen molar-refractivity contribution < 1.29 is 4.79 Å². The first kappa shape index (κ1) is 18.0. The summed E-state index contributed by atoms with van der Waals surface area (Å²) in [4.78, 5) is 21.8. The second kappa shape index (κ2) is 7.39. The van der Waals surface area contributed by atoms with Crippen molar-refractivity contribution >= 4 is 54.1 Å². The topological polar surface area (TPSA) is 54.9 Å². The molecule has 0 saturated carbocycles. The average Bonchev–Trinajstić information content (AvgIpc) is 3.31. The maximum absolute atomic E-state index is 12.7. The standard InChI is InChI=1S/C23H17N3OS2/c1-14-24-20-19(28-14)12-11-18-21(20)29-23(25-18)26-22(27)17-9-7-16(8-10-17)13-15-5-3-2-4-6-15/h2-12H,13H2,1H3,(H,25,26,27). The molecule has 0 spiro atoms. The van der Waals surface area contributed by atoms with Gasteiger partial charge in [0, 0.05) is 5.56 Å². The van der Waals surface area contributed by atoms with E-state index in [9.17, 15) is 4.79 Å². The van der Waals surface area contributed by atoms with E-state index in [2.05, 4.69) is 27.4 Å². The third-order valence-corrected chi connectivity index (χ3v) is 6.64. The summed E-state index contributed by atoms with van der Waals surface area (Å²) < 4.78 is 2.16. The Kier molecular flexibility index (Phi) is 4.58. The van der Waals surface area contributed by atoms with Crippen LogP contribution in [0.5, 0.6) is 0 Å². The minimum Gasteiger partial charge on any atom is -0.298 e. The summed E-state index contributed by atoms with van der Waals surface area (Å²) in [5.41, 5.74) is 4.88. The van der Waals surface area contributed by atoms with E-state index in [-0.39, 0.29) is 5.91 Å². The summed E-state index contributed by atoms with van der Waals surface area (Å²) in [5.74, 6) is -0.152. The van der Waals surface area contributed by atoms with Gasteiger partial charge in [0.2, 0.25) is 0 Å². The molecule has 142 valence electrons. The second-order valence-corrected chi connectivity index (χ2v) is 9.06. The fourth-order valence-electron chi connectivity index (χ4n) is 3.32. The first-order chi connectivity index (χ1) is 14.2. The first-order valence-electron chi connectivity index (χ1n) is 9.26. The van der Waals surface area contributed by atoms with Crippen LogP contribution in [-0.2, 0) is 6.42 Å². The molecule has 0 unspecified atom stereocenters. The van der Waals surface area contributed by atoms with Crippen molar-refractivity contribution in [1.82, 2.24) is 9.97 Å². The molecule has 0 radical (unpaired) electrons. The highest BCUT2D eigenvalue weighted by Crippen LogP contribution is 2.34. The highest BCUT2D eigenvalue weighted by atomic mass is 32.1. The van der Waals surface area contributed by atoms with Gasteiger partial charge in [-0.25, -0.2) is 9.97 Å². The summed E-state index contributed by atoms with van der Waals surface area (Å²) in [6.45, 7) is 2.00. The van der Waals surface area contributed by atoms with Crippen molar-refractivity contribution in [2.45, 2.75) is 13.3 Å². The van der Waals surface area contributed by atoms with Crippen molar-refractivity contribution in [3.8, 4) is 0 Å². The molecular formula is C23H17N3OS2. The lowest BCUT2D eigenvalue weighted by Gasteiger charge is -2.05. The van der Waals surface area contributed by atoms with E-state index >= 15 is 0 Å². The van der Waals surface area contributed by atoms with E-state index in [0.717, 1.165) is 31.9 Å². The molecule has 0 bridgehead atoms. The average molecular weight is 416 g/mol. The molecule has 5 aromatic rings. The molecule has 4 nitrogen and oxygen atoms in total. The fraction of sp³-hybridized carbons (Fsp3) is 0.0870. The van der Waals surface area contributed by atoms with Crippen LogP contribution in [0.4, 0.5) is 5.13 Å². The quantitative estimate of drug-likeness (QED) is 0.388. The summed E-state index contributed by atoms with van der Waals surface area (Å²) in [6, 6.07) is 22.1. The lowest BCUT2D eigenvalue weighted by atomic mass is 10.0. The van der Waals surface area contributed by atoms with Gasteiger partial charge in [-0.3, -0.25) is 10.1 Å². The minimum absolute atomic E-state index is 0.152. The van der Waals surface area contributed by atoms with Crippen LogP contribution in [0.25, 0.3) is 20.4 Å². The molecule has 5 rings (SSSR count). The third-order valence-electron chi connectivity index (χ3n) is 4.71. The predicted octanol–water partition coefficient (Wildman–Crippen LogP) is 6.06. The molecule has 0 aliphatic carbocycles. The zero-order valence-corrected chi connectivity index (χ0v) is 17.3. The predicted molar refractivity (Wildman–Crippen MR) is 121 cm³/mol. The Morgan fingerprint density at radius 2 is 1.66 bits per heavy atom. The highest BCUT2D eigenvalue weighted by molar-refractivity contribution is 7.24. The van der Waals surface area contributed by atoms with Gasteiger partial charge in [-0.05, 0) is 48.7 Å². The van der Waals surface area contributed by atoms with Gasteiger partial charge < -0.3 is 0 Å². The van der Waals surface area contributed by atoms with Gasteiger partial charge in [0.05, 0.1) is 19.9 Å². The lowest BCUT2D eigenvalue weighted by Crippen LogP contribution is -2.11.